The highest BCUT2D eigenvalue weighted by Gasteiger charge is 2.18. The minimum absolute atomic E-state index is 0.0833. The molecule has 0 aliphatic carbocycles. The van der Waals surface area contributed by atoms with E-state index in [-0.39, 0.29) is 16.9 Å². The first kappa shape index (κ1) is 14.3. The van der Waals surface area contributed by atoms with Gasteiger partial charge in [0.25, 0.3) is 0 Å². The summed E-state index contributed by atoms with van der Waals surface area (Å²) in [7, 11) is 0. The number of thiazole rings is 1. The van der Waals surface area contributed by atoms with Gasteiger partial charge in [0.15, 0.2) is 0 Å². The molecule has 110 valence electrons. The summed E-state index contributed by atoms with van der Waals surface area (Å²) in [6.45, 7) is 0. The molecule has 3 nitrogen and oxygen atoms in total. The van der Waals surface area contributed by atoms with Crippen molar-refractivity contribution in [1.29, 1.82) is 0 Å². The van der Waals surface area contributed by atoms with Gasteiger partial charge in [-0.2, -0.15) is 0 Å². The topological polar surface area (TPSA) is 56.0 Å². The fourth-order valence-corrected chi connectivity index (χ4v) is 3.07. The Morgan fingerprint density at radius 2 is 1.82 bits per heavy atom. The van der Waals surface area contributed by atoms with Crippen LogP contribution in [0.2, 0.25) is 0 Å². The first-order chi connectivity index (χ1) is 10.6. The van der Waals surface area contributed by atoms with E-state index in [2.05, 4.69) is 4.98 Å². The summed E-state index contributed by atoms with van der Waals surface area (Å²) in [6, 6.07) is 10.0. The minimum Gasteiger partial charge on any atom is -0.366 e. The van der Waals surface area contributed by atoms with Gasteiger partial charge in [-0.25, -0.2) is 13.8 Å². The van der Waals surface area contributed by atoms with Crippen LogP contribution in [0.25, 0.3) is 21.0 Å². The molecule has 0 spiro atoms. The highest BCUT2D eigenvalue weighted by atomic mass is 32.1. The molecular formula is C16H10F2N2OS. The van der Waals surface area contributed by atoms with Gasteiger partial charge < -0.3 is 5.73 Å². The van der Waals surface area contributed by atoms with Crippen LogP contribution < -0.4 is 5.73 Å². The van der Waals surface area contributed by atoms with E-state index in [9.17, 15) is 13.6 Å². The Hall–Kier alpha value is -2.60. The zero-order valence-electron chi connectivity index (χ0n) is 11.2. The lowest BCUT2D eigenvalue weighted by atomic mass is 10.1. The first-order valence-electron chi connectivity index (χ1n) is 6.36. The van der Waals surface area contributed by atoms with Gasteiger partial charge in [0, 0.05) is 6.20 Å². The van der Waals surface area contributed by atoms with Crippen LogP contribution in [0.3, 0.4) is 0 Å². The molecule has 0 fully saturated rings. The molecule has 0 aliphatic heterocycles. The van der Waals surface area contributed by atoms with Crippen LogP contribution in [0.15, 0.2) is 48.7 Å². The van der Waals surface area contributed by atoms with Crippen molar-refractivity contribution < 1.29 is 13.6 Å². The number of hydrogen-bond donors (Lipinski definition) is 1. The molecule has 2 N–H and O–H groups in total. The summed E-state index contributed by atoms with van der Waals surface area (Å²) >= 11 is 1.21. The van der Waals surface area contributed by atoms with Gasteiger partial charge in [0.2, 0.25) is 5.91 Å². The third-order valence-electron chi connectivity index (χ3n) is 3.13. The molecular weight excluding hydrogens is 306 g/mol. The van der Waals surface area contributed by atoms with E-state index in [4.69, 9.17) is 5.73 Å². The second-order valence-electron chi connectivity index (χ2n) is 4.56. The summed E-state index contributed by atoms with van der Waals surface area (Å²) in [5, 5.41) is 0.353. The highest BCUT2D eigenvalue weighted by molar-refractivity contribution is 7.18. The van der Waals surface area contributed by atoms with Crippen molar-refractivity contribution in [2.75, 3.05) is 0 Å². The normalized spacial score (nSPS) is 10.6. The van der Waals surface area contributed by atoms with Gasteiger partial charge in [0.1, 0.15) is 16.6 Å². The van der Waals surface area contributed by atoms with Crippen LogP contribution >= 0.6 is 11.3 Å². The third kappa shape index (κ3) is 2.60. The molecule has 2 aromatic carbocycles. The molecule has 1 aromatic heterocycles. The average molecular weight is 316 g/mol. The monoisotopic (exact) mass is 316 g/mol. The lowest BCUT2D eigenvalue weighted by molar-refractivity contribution is 0.100. The van der Waals surface area contributed by atoms with E-state index < -0.39 is 11.7 Å². The van der Waals surface area contributed by atoms with Crippen LogP contribution in [-0.4, -0.2) is 10.9 Å². The summed E-state index contributed by atoms with van der Waals surface area (Å²) in [5.41, 5.74) is 6.23. The largest absolute Gasteiger partial charge is 0.366 e. The number of benzene rings is 2. The lowest BCUT2D eigenvalue weighted by Crippen LogP contribution is -2.13. The van der Waals surface area contributed by atoms with Gasteiger partial charge >= 0.3 is 0 Å². The van der Waals surface area contributed by atoms with Crippen molar-refractivity contribution in [3.63, 3.8) is 0 Å². The molecule has 0 saturated heterocycles. The number of carbonyl (C=O) groups is 1. The van der Waals surface area contributed by atoms with E-state index in [0.29, 0.717) is 5.01 Å². The van der Waals surface area contributed by atoms with Crippen LogP contribution in [0.5, 0.6) is 0 Å². The SMILES string of the molecule is NC(=O)c1cccc(F)c1-c1ncc(-c2ccc(F)cc2)s1. The zero-order valence-corrected chi connectivity index (χ0v) is 12.0. The molecule has 3 rings (SSSR count). The summed E-state index contributed by atoms with van der Waals surface area (Å²) in [6.07, 6.45) is 1.56. The van der Waals surface area contributed by atoms with Gasteiger partial charge in [-0.15, -0.1) is 11.3 Å². The highest BCUT2D eigenvalue weighted by Crippen LogP contribution is 2.35. The Morgan fingerprint density at radius 3 is 2.50 bits per heavy atom. The van der Waals surface area contributed by atoms with Crippen LogP contribution in [0.4, 0.5) is 8.78 Å². The molecule has 3 aromatic rings. The molecule has 0 aliphatic rings. The molecule has 1 amide bonds. The van der Waals surface area contributed by atoms with Gasteiger partial charge in [-0.1, -0.05) is 18.2 Å². The summed E-state index contributed by atoms with van der Waals surface area (Å²) in [4.78, 5) is 16.4. The number of hydrogen-bond acceptors (Lipinski definition) is 3. The maximum Gasteiger partial charge on any atom is 0.249 e. The van der Waals surface area contributed by atoms with E-state index in [1.165, 1.54) is 41.7 Å². The molecule has 6 heteroatoms. The molecule has 0 saturated carbocycles. The predicted molar refractivity (Wildman–Crippen MR) is 81.4 cm³/mol. The maximum atomic E-state index is 14.1. The van der Waals surface area contributed by atoms with Crippen LogP contribution in [-0.2, 0) is 0 Å². The number of amides is 1. The van der Waals surface area contributed by atoms with Crippen molar-refractivity contribution in [3.05, 3.63) is 65.9 Å². The summed E-state index contributed by atoms with van der Waals surface area (Å²) in [5.74, 6) is -1.61. The maximum absolute atomic E-state index is 14.1. The van der Waals surface area contributed by atoms with E-state index in [0.717, 1.165) is 10.4 Å². The predicted octanol–water partition coefficient (Wildman–Crippen LogP) is 3.85. The Morgan fingerprint density at radius 1 is 1.09 bits per heavy atom. The van der Waals surface area contributed by atoms with Gasteiger partial charge in [-0.3, -0.25) is 4.79 Å². The molecule has 0 bridgehead atoms. The minimum atomic E-state index is -0.715. The Bertz CT molecular complexity index is 844. The van der Waals surface area contributed by atoms with E-state index in [1.807, 2.05) is 0 Å². The molecule has 22 heavy (non-hydrogen) atoms. The molecule has 0 atom stereocenters. The van der Waals surface area contributed by atoms with Gasteiger partial charge in [-0.05, 0) is 29.8 Å². The molecule has 1 heterocycles. The van der Waals surface area contributed by atoms with Crippen molar-refractivity contribution >= 4 is 17.2 Å². The van der Waals surface area contributed by atoms with Crippen LogP contribution in [0, 0.1) is 11.6 Å². The number of rotatable bonds is 3. The lowest BCUT2D eigenvalue weighted by Gasteiger charge is -2.04. The first-order valence-corrected chi connectivity index (χ1v) is 7.18. The third-order valence-corrected chi connectivity index (χ3v) is 4.19. The number of nitrogens with two attached hydrogens (primary N) is 1. The zero-order chi connectivity index (χ0) is 15.7. The fraction of sp³-hybridized carbons (Fsp3) is 0. The number of carbonyl (C=O) groups excluding carboxylic acids is 1. The second-order valence-corrected chi connectivity index (χ2v) is 5.59. The number of primary amides is 1. The Labute approximate surface area is 129 Å². The Kier molecular flexibility index (Phi) is 3.68. The second kappa shape index (κ2) is 5.65. The number of aromatic nitrogens is 1. The van der Waals surface area contributed by atoms with Crippen molar-refractivity contribution in [3.8, 4) is 21.0 Å². The van der Waals surface area contributed by atoms with Gasteiger partial charge in [0.05, 0.1) is 16.0 Å². The Balaban J connectivity index is 2.08. The van der Waals surface area contributed by atoms with Crippen molar-refractivity contribution in [1.82, 2.24) is 4.98 Å². The van der Waals surface area contributed by atoms with Crippen LogP contribution in [0.1, 0.15) is 10.4 Å². The molecule has 0 unspecified atom stereocenters. The van der Waals surface area contributed by atoms with E-state index in [1.54, 1.807) is 18.3 Å². The quantitative estimate of drug-likeness (QED) is 0.798. The van der Waals surface area contributed by atoms with Crippen molar-refractivity contribution in [2.24, 2.45) is 5.73 Å². The fourth-order valence-electron chi connectivity index (χ4n) is 2.08. The number of halogens is 2. The number of nitrogens with zero attached hydrogens (tertiary/aromatic N) is 1. The smallest absolute Gasteiger partial charge is 0.249 e. The summed E-state index contributed by atoms with van der Waals surface area (Å²) < 4.78 is 27.0. The van der Waals surface area contributed by atoms with E-state index >= 15 is 0 Å². The van der Waals surface area contributed by atoms with Crippen molar-refractivity contribution in [2.45, 2.75) is 0 Å². The average Bonchev–Trinajstić information content (AvgIpc) is 2.97. The molecule has 0 radical (unpaired) electrons. The standard InChI is InChI=1S/C16H10F2N2OS/c17-10-6-4-9(5-7-10)13-8-20-16(22-13)14-11(15(19)21)2-1-3-12(14)18/h1-8H,(H2,19,21).